The normalized spacial score (nSPS) is 11.4. The van der Waals surface area contributed by atoms with Crippen molar-refractivity contribution in [1.82, 2.24) is 30.0 Å². The van der Waals surface area contributed by atoms with Crippen LogP contribution in [0.2, 0.25) is 0 Å². The summed E-state index contributed by atoms with van der Waals surface area (Å²) >= 11 is 0. The lowest BCUT2D eigenvalue weighted by atomic mass is 10.1. The standard InChI is InChI=1S/C18H18F4N8O3/c19-13-4-3-12(33-18(20,21)22)7-11(13)8-16(31)24-15-10-30(28-26-15)6-2-1-5-29-9-14(17(23)32)25-27-29/h3-4,7,9-10H,1-2,5-6,8H2,(H2,23,32)(H,24,31). The van der Waals surface area contributed by atoms with Gasteiger partial charge in [-0.15, -0.1) is 23.4 Å². The fourth-order valence-electron chi connectivity index (χ4n) is 2.78. The molecule has 0 unspecified atom stereocenters. The zero-order valence-electron chi connectivity index (χ0n) is 16.9. The van der Waals surface area contributed by atoms with Crippen molar-refractivity contribution < 1.29 is 31.9 Å². The first-order valence-electron chi connectivity index (χ1n) is 9.53. The molecule has 0 saturated heterocycles. The Morgan fingerprint density at radius 2 is 1.73 bits per heavy atom. The van der Waals surface area contributed by atoms with E-state index < -0.39 is 36.2 Å². The van der Waals surface area contributed by atoms with Crippen LogP contribution in [0.3, 0.4) is 0 Å². The maximum Gasteiger partial charge on any atom is 0.573 e. The Labute approximate surface area is 183 Å². The topological polar surface area (TPSA) is 143 Å². The highest BCUT2D eigenvalue weighted by Gasteiger charge is 2.31. The van der Waals surface area contributed by atoms with Crippen molar-refractivity contribution in [2.75, 3.05) is 5.32 Å². The molecule has 1 aromatic carbocycles. The summed E-state index contributed by atoms with van der Waals surface area (Å²) in [6, 6.07) is 2.41. The van der Waals surface area contributed by atoms with Crippen LogP contribution >= 0.6 is 0 Å². The minimum atomic E-state index is -4.93. The van der Waals surface area contributed by atoms with E-state index in [9.17, 15) is 27.2 Å². The molecule has 0 bridgehead atoms. The van der Waals surface area contributed by atoms with Crippen molar-refractivity contribution in [3.8, 4) is 5.75 Å². The average Bonchev–Trinajstić information content (AvgIpc) is 3.36. The largest absolute Gasteiger partial charge is 0.573 e. The Morgan fingerprint density at radius 1 is 1.06 bits per heavy atom. The highest BCUT2D eigenvalue weighted by atomic mass is 19.4. The van der Waals surface area contributed by atoms with E-state index in [1.807, 2.05) is 0 Å². The smallest absolute Gasteiger partial charge is 0.406 e. The molecular weight excluding hydrogens is 452 g/mol. The summed E-state index contributed by atoms with van der Waals surface area (Å²) in [4.78, 5) is 23.1. The highest BCUT2D eigenvalue weighted by Crippen LogP contribution is 2.25. The van der Waals surface area contributed by atoms with Crippen molar-refractivity contribution in [2.45, 2.75) is 38.7 Å². The third-order valence-corrected chi connectivity index (χ3v) is 4.22. The van der Waals surface area contributed by atoms with Gasteiger partial charge in [0.1, 0.15) is 11.6 Å². The number of aromatic nitrogens is 6. The van der Waals surface area contributed by atoms with E-state index in [-0.39, 0.29) is 17.1 Å². The average molecular weight is 470 g/mol. The van der Waals surface area contributed by atoms with Gasteiger partial charge in [-0.25, -0.2) is 4.39 Å². The lowest BCUT2D eigenvalue weighted by Gasteiger charge is -2.10. The number of carbonyl (C=O) groups excluding carboxylic acids is 2. The van der Waals surface area contributed by atoms with E-state index in [2.05, 4.69) is 30.7 Å². The molecule has 176 valence electrons. The molecule has 3 rings (SSSR count). The molecule has 0 fully saturated rings. The fourth-order valence-corrected chi connectivity index (χ4v) is 2.78. The van der Waals surface area contributed by atoms with Crippen LogP contribution in [-0.4, -0.2) is 48.2 Å². The third kappa shape index (κ3) is 7.26. The molecule has 3 aromatic rings. The molecule has 33 heavy (non-hydrogen) atoms. The van der Waals surface area contributed by atoms with E-state index >= 15 is 0 Å². The number of alkyl halides is 3. The van der Waals surface area contributed by atoms with Gasteiger partial charge in [-0.05, 0) is 31.0 Å². The quantitative estimate of drug-likeness (QED) is 0.339. The first-order chi connectivity index (χ1) is 15.6. The van der Waals surface area contributed by atoms with Gasteiger partial charge in [-0.1, -0.05) is 10.4 Å². The summed E-state index contributed by atoms with van der Waals surface area (Å²) in [6.45, 7) is 0.965. The van der Waals surface area contributed by atoms with Crippen molar-refractivity contribution >= 4 is 17.6 Å². The molecule has 15 heteroatoms. The number of anilines is 1. The number of primary amides is 1. The fraction of sp³-hybridized carbons (Fsp3) is 0.333. The van der Waals surface area contributed by atoms with Crippen LogP contribution in [0.1, 0.15) is 28.9 Å². The molecule has 0 radical (unpaired) electrons. The summed E-state index contributed by atoms with van der Waals surface area (Å²) < 4.78 is 57.5. The molecule has 0 saturated carbocycles. The Hall–Kier alpha value is -4.04. The molecule has 2 amide bonds. The number of nitrogens with one attached hydrogen (secondary N) is 1. The number of carbonyl (C=O) groups is 2. The van der Waals surface area contributed by atoms with Crippen molar-refractivity contribution in [2.24, 2.45) is 5.73 Å². The monoisotopic (exact) mass is 470 g/mol. The van der Waals surface area contributed by atoms with E-state index in [4.69, 9.17) is 5.73 Å². The number of ether oxygens (including phenoxy) is 1. The van der Waals surface area contributed by atoms with Gasteiger partial charge < -0.3 is 15.8 Å². The van der Waals surface area contributed by atoms with Crippen LogP contribution < -0.4 is 15.8 Å². The Kier molecular flexibility index (Phi) is 7.20. The van der Waals surface area contributed by atoms with Gasteiger partial charge in [0.25, 0.3) is 5.91 Å². The number of nitrogens with two attached hydrogens (primary N) is 1. The van der Waals surface area contributed by atoms with Gasteiger partial charge in [0.05, 0.1) is 18.8 Å². The Balaban J connectivity index is 1.46. The van der Waals surface area contributed by atoms with E-state index in [0.29, 0.717) is 25.9 Å². The summed E-state index contributed by atoms with van der Waals surface area (Å²) in [7, 11) is 0. The highest BCUT2D eigenvalue weighted by molar-refractivity contribution is 5.91. The van der Waals surface area contributed by atoms with Crippen LogP contribution in [0.25, 0.3) is 0 Å². The molecule has 0 spiro atoms. The molecule has 11 nitrogen and oxygen atoms in total. The number of rotatable bonds is 10. The Bertz CT molecular complexity index is 1130. The van der Waals surface area contributed by atoms with Crippen LogP contribution in [0.5, 0.6) is 5.75 Å². The molecule has 0 aliphatic heterocycles. The number of unbranched alkanes of at least 4 members (excludes halogenated alkanes) is 1. The second-order valence-corrected chi connectivity index (χ2v) is 6.83. The van der Waals surface area contributed by atoms with Crippen LogP contribution in [-0.2, 0) is 24.3 Å². The van der Waals surface area contributed by atoms with Gasteiger partial charge in [0.2, 0.25) is 5.91 Å². The summed E-state index contributed by atoms with van der Waals surface area (Å²) in [6.07, 6.45) is -1.22. The van der Waals surface area contributed by atoms with Crippen molar-refractivity contribution in [1.29, 1.82) is 0 Å². The minimum absolute atomic E-state index is 0.0751. The van der Waals surface area contributed by atoms with Gasteiger partial charge in [-0.3, -0.25) is 19.0 Å². The molecular formula is C18H18F4N8O3. The molecule has 0 atom stereocenters. The number of hydrogen-bond acceptors (Lipinski definition) is 7. The number of benzene rings is 1. The number of hydrogen-bond donors (Lipinski definition) is 2. The zero-order chi connectivity index (χ0) is 24.0. The number of amides is 2. The second-order valence-electron chi connectivity index (χ2n) is 6.83. The number of nitrogens with zero attached hydrogens (tertiary/aromatic N) is 6. The summed E-state index contributed by atoms with van der Waals surface area (Å²) in [5.41, 5.74) is 4.91. The zero-order valence-corrected chi connectivity index (χ0v) is 16.9. The number of aryl methyl sites for hydroxylation is 2. The molecule has 3 N–H and O–H groups in total. The van der Waals surface area contributed by atoms with E-state index in [1.165, 1.54) is 21.8 Å². The lowest BCUT2D eigenvalue weighted by molar-refractivity contribution is -0.274. The van der Waals surface area contributed by atoms with Gasteiger partial charge in [0.15, 0.2) is 11.5 Å². The van der Waals surface area contributed by atoms with Gasteiger partial charge in [-0.2, -0.15) is 0 Å². The van der Waals surface area contributed by atoms with Crippen LogP contribution in [0.15, 0.2) is 30.6 Å². The predicted molar refractivity (Wildman–Crippen MR) is 103 cm³/mol. The van der Waals surface area contributed by atoms with E-state index in [1.54, 1.807) is 0 Å². The second kappa shape index (κ2) is 10.1. The SMILES string of the molecule is NC(=O)c1cn(CCCCn2cc(NC(=O)Cc3cc(OC(F)(F)F)ccc3F)nn2)nn1. The van der Waals surface area contributed by atoms with Crippen molar-refractivity contribution in [3.63, 3.8) is 0 Å². The number of halogens is 4. The predicted octanol–water partition coefficient (Wildman–Crippen LogP) is 1.67. The first-order valence-corrected chi connectivity index (χ1v) is 9.53. The minimum Gasteiger partial charge on any atom is -0.406 e. The molecule has 2 aromatic heterocycles. The lowest BCUT2D eigenvalue weighted by Crippen LogP contribution is -2.18. The Morgan fingerprint density at radius 3 is 2.36 bits per heavy atom. The third-order valence-electron chi connectivity index (χ3n) is 4.22. The first kappa shape index (κ1) is 23.6. The molecule has 0 aliphatic carbocycles. The molecule has 2 heterocycles. The summed E-state index contributed by atoms with van der Waals surface area (Å²) in [5.74, 6) is -2.73. The van der Waals surface area contributed by atoms with E-state index in [0.717, 1.165) is 18.2 Å². The maximum atomic E-state index is 13.9. The maximum absolute atomic E-state index is 13.9. The summed E-state index contributed by atoms with van der Waals surface area (Å²) in [5, 5.41) is 17.4. The van der Waals surface area contributed by atoms with Gasteiger partial charge >= 0.3 is 6.36 Å². The van der Waals surface area contributed by atoms with Gasteiger partial charge in [0, 0.05) is 18.7 Å². The van der Waals surface area contributed by atoms with Crippen LogP contribution in [0.4, 0.5) is 23.4 Å². The molecule has 0 aliphatic rings. The van der Waals surface area contributed by atoms with Crippen molar-refractivity contribution in [3.05, 3.63) is 47.7 Å². The van der Waals surface area contributed by atoms with Crippen LogP contribution in [0, 0.1) is 5.82 Å².